The van der Waals surface area contributed by atoms with Crippen molar-refractivity contribution in [1.82, 2.24) is 9.78 Å². The third-order valence-electron chi connectivity index (χ3n) is 5.36. The minimum atomic E-state index is -0.191. The van der Waals surface area contributed by atoms with E-state index in [1.165, 1.54) is 0 Å². The number of aromatic nitrogens is 2. The highest BCUT2D eigenvalue weighted by molar-refractivity contribution is 6.05. The molecule has 7 nitrogen and oxygen atoms in total. The molecule has 7 heteroatoms. The van der Waals surface area contributed by atoms with Gasteiger partial charge >= 0.3 is 0 Å². The van der Waals surface area contributed by atoms with Crippen LogP contribution in [0.15, 0.2) is 54.7 Å². The maximum atomic E-state index is 12.8. The van der Waals surface area contributed by atoms with Crippen molar-refractivity contribution in [3.8, 4) is 0 Å². The molecule has 4 rings (SSSR count). The fourth-order valence-corrected chi connectivity index (χ4v) is 3.70. The fraction of sp³-hybridized carbons (Fsp3) is 0.261. The third-order valence-corrected chi connectivity index (χ3v) is 5.36. The molecule has 0 aliphatic carbocycles. The molecule has 0 atom stereocenters. The SMILES string of the molecule is CC(=O)N1CCc2cc(C(=O)Nc3ccnn3Cc3ccc(N(C)C)cc3)ccc21. The molecule has 1 aromatic heterocycles. The van der Waals surface area contributed by atoms with Crippen LogP contribution in [0, 0.1) is 0 Å². The first-order valence-electron chi connectivity index (χ1n) is 9.93. The van der Waals surface area contributed by atoms with Gasteiger partial charge in [0.05, 0.1) is 12.7 Å². The van der Waals surface area contributed by atoms with Gasteiger partial charge in [-0.3, -0.25) is 9.59 Å². The lowest BCUT2D eigenvalue weighted by atomic mass is 10.1. The van der Waals surface area contributed by atoms with Crippen molar-refractivity contribution in [2.75, 3.05) is 35.8 Å². The van der Waals surface area contributed by atoms with Crippen LogP contribution in [0.25, 0.3) is 0 Å². The number of carbonyl (C=O) groups is 2. The van der Waals surface area contributed by atoms with Crippen molar-refractivity contribution in [3.05, 3.63) is 71.4 Å². The van der Waals surface area contributed by atoms with Crippen LogP contribution >= 0.6 is 0 Å². The van der Waals surface area contributed by atoms with E-state index in [1.54, 1.807) is 34.8 Å². The zero-order valence-corrected chi connectivity index (χ0v) is 17.4. The standard InChI is InChI=1S/C23H25N5O2/c1-16(29)27-13-11-18-14-19(6-9-21(18)27)23(30)25-22-10-12-24-28(22)15-17-4-7-20(8-5-17)26(2)3/h4-10,12,14H,11,13,15H2,1-3H3,(H,25,30). The van der Waals surface area contributed by atoms with Crippen LogP contribution in [0.5, 0.6) is 0 Å². The Morgan fingerprint density at radius 1 is 1.10 bits per heavy atom. The van der Waals surface area contributed by atoms with Gasteiger partial charge in [0.15, 0.2) is 0 Å². The van der Waals surface area contributed by atoms with Crippen molar-refractivity contribution < 1.29 is 9.59 Å². The van der Waals surface area contributed by atoms with Gasteiger partial charge in [0.1, 0.15) is 5.82 Å². The molecule has 1 aliphatic rings. The van der Waals surface area contributed by atoms with Gasteiger partial charge < -0.3 is 15.1 Å². The molecule has 2 aromatic carbocycles. The van der Waals surface area contributed by atoms with E-state index in [2.05, 4.69) is 39.6 Å². The topological polar surface area (TPSA) is 70.5 Å². The zero-order chi connectivity index (χ0) is 21.3. The van der Waals surface area contributed by atoms with E-state index in [4.69, 9.17) is 0 Å². The Kier molecular flexibility index (Phi) is 5.27. The van der Waals surface area contributed by atoms with Crippen LogP contribution in [-0.2, 0) is 17.8 Å². The highest BCUT2D eigenvalue weighted by atomic mass is 16.2. The lowest BCUT2D eigenvalue weighted by molar-refractivity contribution is -0.116. The largest absolute Gasteiger partial charge is 0.378 e. The predicted octanol–water partition coefficient (Wildman–Crippen LogP) is 3.16. The van der Waals surface area contributed by atoms with Crippen LogP contribution in [0.2, 0.25) is 0 Å². The van der Waals surface area contributed by atoms with Gasteiger partial charge in [0, 0.05) is 50.6 Å². The number of nitrogens with zero attached hydrogens (tertiary/aromatic N) is 4. The second kappa shape index (κ2) is 8.02. The number of benzene rings is 2. The second-order valence-corrected chi connectivity index (χ2v) is 7.65. The molecule has 3 aromatic rings. The van der Waals surface area contributed by atoms with E-state index < -0.39 is 0 Å². The van der Waals surface area contributed by atoms with Crippen molar-refractivity contribution in [2.24, 2.45) is 0 Å². The summed E-state index contributed by atoms with van der Waals surface area (Å²) in [5, 5.41) is 7.30. The lowest BCUT2D eigenvalue weighted by Crippen LogP contribution is -2.25. The Bertz CT molecular complexity index is 1090. The van der Waals surface area contributed by atoms with Gasteiger partial charge in [-0.15, -0.1) is 0 Å². The Morgan fingerprint density at radius 3 is 2.57 bits per heavy atom. The molecule has 0 saturated carbocycles. The van der Waals surface area contributed by atoms with Crippen LogP contribution in [0.1, 0.15) is 28.4 Å². The molecule has 2 heterocycles. The number of carbonyl (C=O) groups excluding carboxylic acids is 2. The summed E-state index contributed by atoms with van der Waals surface area (Å²) in [4.78, 5) is 28.3. The number of hydrogen-bond donors (Lipinski definition) is 1. The number of amides is 2. The van der Waals surface area contributed by atoms with E-state index in [0.717, 1.165) is 28.9 Å². The summed E-state index contributed by atoms with van der Waals surface area (Å²) in [6.07, 6.45) is 2.44. The highest BCUT2D eigenvalue weighted by Crippen LogP contribution is 2.29. The average Bonchev–Trinajstić information content (AvgIpc) is 3.34. The van der Waals surface area contributed by atoms with E-state index in [9.17, 15) is 9.59 Å². The number of hydrogen-bond acceptors (Lipinski definition) is 4. The molecular formula is C23H25N5O2. The highest BCUT2D eigenvalue weighted by Gasteiger charge is 2.23. The Morgan fingerprint density at radius 2 is 1.87 bits per heavy atom. The van der Waals surface area contributed by atoms with Gasteiger partial charge in [0.2, 0.25) is 5.91 Å². The minimum Gasteiger partial charge on any atom is -0.378 e. The quantitative estimate of drug-likeness (QED) is 0.710. The van der Waals surface area contributed by atoms with Crippen molar-refractivity contribution in [3.63, 3.8) is 0 Å². The van der Waals surface area contributed by atoms with Crippen LogP contribution in [-0.4, -0.2) is 42.2 Å². The van der Waals surface area contributed by atoms with Gasteiger partial charge in [-0.2, -0.15) is 5.10 Å². The third kappa shape index (κ3) is 3.91. The van der Waals surface area contributed by atoms with Crippen LogP contribution in [0.3, 0.4) is 0 Å². The smallest absolute Gasteiger partial charge is 0.256 e. The summed E-state index contributed by atoms with van der Waals surface area (Å²) >= 11 is 0. The first-order chi connectivity index (χ1) is 14.4. The molecule has 0 unspecified atom stereocenters. The van der Waals surface area contributed by atoms with Gasteiger partial charge in [-0.1, -0.05) is 12.1 Å². The first-order valence-corrected chi connectivity index (χ1v) is 9.93. The lowest BCUT2D eigenvalue weighted by Gasteiger charge is -2.15. The number of anilines is 3. The summed E-state index contributed by atoms with van der Waals surface area (Å²) in [7, 11) is 4.01. The molecule has 30 heavy (non-hydrogen) atoms. The average molecular weight is 403 g/mol. The molecule has 0 radical (unpaired) electrons. The van der Waals surface area contributed by atoms with Crippen molar-refractivity contribution in [2.45, 2.75) is 19.9 Å². The van der Waals surface area contributed by atoms with Crippen LogP contribution in [0.4, 0.5) is 17.2 Å². The molecule has 154 valence electrons. The Balaban J connectivity index is 1.47. The van der Waals surface area contributed by atoms with E-state index >= 15 is 0 Å². The van der Waals surface area contributed by atoms with E-state index in [1.807, 2.05) is 26.2 Å². The zero-order valence-electron chi connectivity index (χ0n) is 17.4. The van der Waals surface area contributed by atoms with E-state index in [-0.39, 0.29) is 11.8 Å². The summed E-state index contributed by atoms with van der Waals surface area (Å²) < 4.78 is 1.77. The summed E-state index contributed by atoms with van der Waals surface area (Å²) in [5.74, 6) is 0.472. The van der Waals surface area contributed by atoms with Gasteiger partial charge in [-0.25, -0.2) is 4.68 Å². The Labute approximate surface area is 175 Å². The van der Waals surface area contributed by atoms with Gasteiger partial charge in [0.25, 0.3) is 5.91 Å². The molecule has 1 aliphatic heterocycles. The molecule has 1 N–H and O–H groups in total. The molecule has 2 amide bonds. The number of fused-ring (bicyclic) bond motifs is 1. The molecule has 0 fully saturated rings. The molecule has 0 spiro atoms. The summed E-state index contributed by atoms with van der Waals surface area (Å²) in [6, 6.07) is 15.5. The normalized spacial score (nSPS) is 12.6. The minimum absolute atomic E-state index is 0.0217. The molecular weight excluding hydrogens is 378 g/mol. The second-order valence-electron chi connectivity index (χ2n) is 7.65. The van der Waals surface area contributed by atoms with Gasteiger partial charge in [-0.05, 0) is 47.9 Å². The van der Waals surface area contributed by atoms with E-state index in [0.29, 0.717) is 24.5 Å². The molecule has 0 saturated heterocycles. The number of nitrogens with one attached hydrogen (secondary N) is 1. The monoisotopic (exact) mass is 403 g/mol. The maximum Gasteiger partial charge on any atom is 0.256 e. The number of rotatable bonds is 5. The molecule has 0 bridgehead atoms. The van der Waals surface area contributed by atoms with Crippen molar-refractivity contribution >= 4 is 29.0 Å². The predicted molar refractivity (Wildman–Crippen MR) is 118 cm³/mol. The van der Waals surface area contributed by atoms with Crippen molar-refractivity contribution in [1.29, 1.82) is 0 Å². The first kappa shape index (κ1) is 19.7. The summed E-state index contributed by atoms with van der Waals surface area (Å²) in [6.45, 7) is 2.79. The van der Waals surface area contributed by atoms with Crippen LogP contribution < -0.4 is 15.1 Å². The fourth-order valence-electron chi connectivity index (χ4n) is 3.70. The maximum absolute atomic E-state index is 12.8. The Hall–Kier alpha value is -3.61. The summed E-state index contributed by atoms with van der Waals surface area (Å²) in [5.41, 5.74) is 4.72.